The Balaban J connectivity index is 2.48. The summed E-state index contributed by atoms with van der Waals surface area (Å²) in [6.07, 6.45) is 2.47. The van der Waals surface area contributed by atoms with E-state index in [0.29, 0.717) is 11.8 Å². The number of hydrogen-bond donors (Lipinski definition) is 0. The Morgan fingerprint density at radius 3 is 2.42 bits per heavy atom. The molecule has 1 aliphatic rings. The minimum Gasteiger partial charge on any atom is -0.481 e. The third-order valence-electron chi connectivity index (χ3n) is 2.54. The van der Waals surface area contributed by atoms with Gasteiger partial charge < -0.3 is 4.74 Å². The standard InChI is InChI=1S/C10H17NO/c1-7-5-9(6-7)8(2)10(11-3)12-4/h7,9H,2,5-6H2,1,3-4H3. The highest BCUT2D eigenvalue weighted by Gasteiger charge is 2.29. The van der Waals surface area contributed by atoms with Crippen molar-refractivity contribution in [2.45, 2.75) is 19.8 Å². The molecule has 2 heteroatoms. The molecule has 0 aromatic heterocycles. The first-order valence-electron chi connectivity index (χ1n) is 4.39. The van der Waals surface area contributed by atoms with Gasteiger partial charge in [0, 0.05) is 12.6 Å². The zero-order valence-electron chi connectivity index (χ0n) is 8.13. The lowest BCUT2D eigenvalue weighted by Gasteiger charge is -2.33. The molecule has 0 atom stereocenters. The average molecular weight is 167 g/mol. The Labute approximate surface area is 74.3 Å². The fourth-order valence-corrected chi connectivity index (χ4v) is 1.73. The lowest BCUT2D eigenvalue weighted by Crippen LogP contribution is -2.26. The molecule has 0 saturated heterocycles. The molecule has 0 amide bonds. The lowest BCUT2D eigenvalue weighted by atomic mass is 9.72. The Bertz CT molecular complexity index is 202. The predicted molar refractivity (Wildman–Crippen MR) is 51.4 cm³/mol. The summed E-state index contributed by atoms with van der Waals surface area (Å²) in [6.45, 7) is 6.26. The van der Waals surface area contributed by atoms with Crippen molar-refractivity contribution >= 4 is 5.90 Å². The Morgan fingerprint density at radius 1 is 1.50 bits per heavy atom. The zero-order chi connectivity index (χ0) is 9.14. The van der Waals surface area contributed by atoms with Crippen LogP contribution in [0.4, 0.5) is 0 Å². The van der Waals surface area contributed by atoms with Crippen LogP contribution in [0.3, 0.4) is 0 Å². The molecule has 0 N–H and O–H groups in total. The van der Waals surface area contributed by atoms with E-state index in [-0.39, 0.29) is 0 Å². The lowest BCUT2D eigenvalue weighted by molar-refractivity contribution is 0.250. The topological polar surface area (TPSA) is 21.6 Å². The molecular formula is C10H17NO. The van der Waals surface area contributed by atoms with Crippen molar-refractivity contribution in [2.24, 2.45) is 16.8 Å². The molecule has 0 aromatic rings. The van der Waals surface area contributed by atoms with Crippen LogP contribution in [0.1, 0.15) is 19.8 Å². The average Bonchev–Trinajstić information content (AvgIpc) is 2.01. The SMILES string of the molecule is C=C(C(=NC)OC)C1CC(C)C1. The van der Waals surface area contributed by atoms with Crippen molar-refractivity contribution in [3.63, 3.8) is 0 Å². The number of methoxy groups -OCH3 is 1. The largest absolute Gasteiger partial charge is 0.481 e. The summed E-state index contributed by atoms with van der Waals surface area (Å²) in [6, 6.07) is 0. The van der Waals surface area contributed by atoms with E-state index in [0.717, 1.165) is 11.5 Å². The van der Waals surface area contributed by atoms with Crippen LogP contribution in [-0.4, -0.2) is 20.1 Å². The summed E-state index contributed by atoms with van der Waals surface area (Å²) >= 11 is 0. The van der Waals surface area contributed by atoms with Gasteiger partial charge in [0.15, 0.2) is 0 Å². The minimum absolute atomic E-state index is 0.610. The summed E-state index contributed by atoms with van der Waals surface area (Å²) in [5, 5.41) is 0. The van der Waals surface area contributed by atoms with Crippen LogP contribution >= 0.6 is 0 Å². The van der Waals surface area contributed by atoms with E-state index >= 15 is 0 Å². The van der Waals surface area contributed by atoms with E-state index < -0.39 is 0 Å². The summed E-state index contributed by atoms with van der Waals surface area (Å²) in [5.74, 6) is 2.17. The van der Waals surface area contributed by atoms with Gasteiger partial charge in [0.05, 0.1) is 7.11 Å². The molecule has 1 fully saturated rings. The third kappa shape index (κ3) is 1.68. The molecular weight excluding hydrogens is 150 g/mol. The van der Waals surface area contributed by atoms with E-state index in [4.69, 9.17) is 4.74 Å². The van der Waals surface area contributed by atoms with Gasteiger partial charge in [-0.2, -0.15) is 0 Å². The van der Waals surface area contributed by atoms with Gasteiger partial charge in [-0.15, -0.1) is 0 Å². The molecule has 0 spiro atoms. The highest BCUT2D eigenvalue weighted by Crippen LogP contribution is 2.38. The van der Waals surface area contributed by atoms with Gasteiger partial charge in [-0.05, 0) is 24.7 Å². The van der Waals surface area contributed by atoms with Crippen LogP contribution in [0.5, 0.6) is 0 Å². The van der Waals surface area contributed by atoms with Crippen LogP contribution in [0, 0.1) is 11.8 Å². The summed E-state index contributed by atoms with van der Waals surface area (Å²) in [7, 11) is 3.39. The second-order valence-electron chi connectivity index (χ2n) is 3.53. The fourth-order valence-electron chi connectivity index (χ4n) is 1.73. The van der Waals surface area contributed by atoms with Crippen LogP contribution < -0.4 is 0 Å². The number of nitrogens with zero attached hydrogens (tertiary/aromatic N) is 1. The number of ether oxygens (including phenoxy) is 1. The second-order valence-corrected chi connectivity index (χ2v) is 3.53. The second kappa shape index (κ2) is 3.74. The van der Waals surface area contributed by atoms with E-state index in [9.17, 15) is 0 Å². The van der Waals surface area contributed by atoms with Gasteiger partial charge in [0.25, 0.3) is 0 Å². The zero-order valence-corrected chi connectivity index (χ0v) is 8.13. The summed E-state index contributed by atoms with van der Waals surface area (Å²) in [4.78, 5) is 4.03. The number of rotatable bonds is 2. The molecule has 0 bridgehead atoms. The normalized spacial score (nSPS) is 29.4. The van der Waals surface area contributed by atoms with E-state index in [1.165, 1.54) is 12.8 Å². The van der Waals surface area contributed by atoms with E-state index in [1.54, 1.807) is 14.2 Å². The van der Waals surface area contributed by atoms with Gasteiger partial charge in [-0.3, -0.25) is 4.99 Å². The number of hydrogen-bond acceptors (Lipinski definition) is 2. The van der Waals surface area contributed by atoms with Crippen molar-refractivity contribution in [2.75, 3.05) is 14.2 Å². The van der Waals surface area contributed by atoms with Crippen LogP contribution in [0.2, 0.25) is 0 Å². The molecule has 1 saturated carbocycles. The summed E-state index contributed by atoms with van der Waals surface area (Å²) < 4.78 is 5.10. The van der Waals surface area contributed by atoms with Crippen molar-refractivity contribution < 1.29 is 4.74 Å². The van der Waals surface area contributed by atoms with Gasteiger partial charge in [0.2, 0.25) is 5.90 Å². The Hall–Kier alpha value is -0.790. The monoisotopic (exact) mass is 167 g/mol. The van der Waals surface area contributed by atoms with Gasteiger partial charge in [-0.1, -0.05) is 13.5 Å². The molecule has 1 aliphatic carbocycles. The highest BCUT2D eigenvalue weighted by molar-refractivity contribution is 5.93. The molecule has 2 nitrogen and oxygen atoms in total. The van der Waals surface area contributed by atoms with Crippen molar-refractivity contribution in [3.8, 4) is 0 Å². The minimum atomic E-state index is 0.610. The third-order valence-corrected chi connectivity index (χ3v) is 2.54. The molecule has 68 valence electrons. The first-order chi connectivity index (χ1) is 5.69. The molecule has 0 aliphatic heterocycles. The van der Waals surface area contributed by atoms with Gasteiger partial charge >= 0.3 is 0 Å². The van der Waals surface area contributed by atoms with Crippen LogP contribution in [0.25, 0.3) is 0 Å². The highest BCUT2D eigenvalue weighted by atomic mass is 16.5. The molecule has 0 heterocycles. The maximum absolute atomic E-state index is 5.10. The van der Waals surface area contributed by atoms with Gasteiger partial charge in [0.1, 0.15) is 0 Å². The van der Waals surface area contributed by atoms with Gasteiger partial charge in [-0.25, -0.2) is 0 Å². The van der Waals surface area contributed by atoms with Crippen molar-refractivity contribution in [1.29, 1.82) is 0 Å². The van der Waals surface area contributed by atoms with Crippen LogP contribution in [0.15, 0.2) is 17.1 Å². The molecule has 0 aromatic carbocycles. The van der Waals surface area contributed by atoms with Crippen LogP contribution in [-0.2, 0) is 4.74 Å². The Morgan fingerprint density at radius 2 is 2.08 bits per heavy atom. The van der Waals surface area contributed by atoms with Crippen molar-refractivity contribution in [1.82, 2.24) is 0 Å². The molecule has 1 rings (SSSR count). The maximum Gasteiger partial charge on any atom is 0.210 e. The maximum atomic E-state index is 5.10. The Kier molecular flexibility index (Phi) is 2.90. The number of aliphatic imine (C=N–C) groups is 1. The predicted octanol–water partition coefficient (Wildman–Crippen LogP) is 2.26. The molecule has 0 unspecified atom stereocenters. The van der Waals surface area contributed by atoms with E-state index in [1.807, 2.05) is 0 Å². The molecule has 0 radical (unpaired) electrons. The fraction of sp³-hybridized carbons (Fsp3) is 0.700. The molecule has 12 heavy (non-hydrogen) atoms. The van der Waals surface area contributed by atoms with E-state index in [2.05, 4.69) is 18.5 Å². The summed E-state index contributed by atoms with van der Waals surface area (Å²) in [5.41, 5.74) is 1.07. The first kappa shape index (κ1) is 9.30. The van der Waals surface area contributed by atoms with Crippen molar-refractivity contribution in [3.05, 3.63) is 12.2 Å². The first-order valence-corrected chi connectivity index (χ1v) is 4.39. The quantitative estimate of drug-likeness (QED) is 0.456. The smallest absolute Gasteiger partial charge is 0.210 e.